The fourth-order valence-electron chi connectivity index (χ4n) is 2.96. The van der Waals surface area contributed by atoms with Gasteiger partial charge in [0.2, 0.25) is 28.4 Å². The van der Waals surface area contributed by atoms with Crippen molar-refractivity contribution in [3.05, 3.63) is 52.5 Å². The SMILES string of the molecule is CC(C)(C)NS(=O)(=O)c1ccccc1NS(=O)(=O)CCc1ccc(Br)cc1O[Si](C)(C)C(C)(C)C. The number of anilines is 1. The molecule has 0 fully saturated rings. The number of rotatable bonds is 9. The molecule has 0 aliphatic rings. The van der Waals surface area contributed by atoms with E-state index in [0.717, 1.165) is 10.0 Å². The van der Waals surface area contributed by atoms with Gasteiger partial charge < -0.3 is 4.43 Å². The maximum absolute atomic E-state index is 13.0. The summed E-state index contributed by atoms with van der Waals surface area (Å²) in [5, 5.41) is -0.0173. The van der Waals surface area contributed by atoms with Crippen LogP contribution >= 0.6 is 15.9 Å². The van der Waals surface area contributed by atoms with Crippen molar-refractivity contribution in [1.29, 1.82) is 0 Å². The lowest BCUT2D eigenvalue weighted by molar-refractivity contribution is 0.487. The van der Waals surface area contributed by atoms with Gasteiger partial charge in [-0.15, -0.1) is 0 Å². The summed E-state index contributed by atoms with van der Waals surface area (Å²) in [5.74, 6) is 0.433. The molecule has 11 heteroatoms. The van der Waals surface area contributed by atoms with Crippen LogP contribution in [0, 0.1) is 0 Å². The van der Waals surface area contributed by atoms with Crippen molar-refractivity contribution in [2.75, 3.05) is 10.5 Å². The average Bonchev–Trinajstić information content (AvgIpc) is 2.64. The zero-order valence-electron chi connectivity index (χ0n) is 21.7. The number of hydrogen-bond donors (Lipinski definition) is 2. The third-order valence-electron chi connectivity index (χ3n) is 5.72. The van der Waals surface area contributed by atoms with Gasteiger partial charge >= 0.3 is 0 Å². The van der Waals surface area contributed by atoms with Gasteiger partial charge in [-0.1, -0.05) is 54.9 Å². The molecular weight excluding hydrogens is 568 g/mol. The van der Waals surface area contributed by atoms with Gasteiger partial charge in [0, 0.05) is 10.0 Å². The molecule has 2 aromatic rings. The van der Waals surface area contributed by atoms with E-state index in [-0.39, 0.29) is 27.8 Å². The van der Waals surface area contributed by atoms with Crippen LogP contribution in [0.15, 0.2) is 51.8 Å². The number of benzene rings is 2. The van der Waals surface area contributed by atoms with Crippen molar-refractivity contribution in [3.8, 4) is 5.75 Å². The lowest BCUT2D eigenvalue weighted by Gasteiger charge is -2.37. The quantitative estimate of drug-likeness (QED) is 0.347. The van der Waals surface area contributed by atoms with Crippen molar-refractivity contribution in [3.63, 3.8) is 0 Å². The molecule has 2 N–H and O–H groups in total. The van der Waals surface area contributed by atoms with Crippen LogP contribution in [0.1, 0.15) is 47.1 Å². The van der Waals surface area contributed by atoms with Crippen LogP contribution in [0.5, 0.6) is 5.75 Å². The standard InChI is InChI=1S/C24H37BrN2O5S2Si/c1-23(2,3)27-34(30,31)22-12-10-9-11-20(22)26-33(28,29)16-15-18-13-14-19(25)17-21(18)32-35(7,8)24(4,5)6/h9-14,17,26-27H,15-16H2,1-8H3. The first-order valence-corrected chi connectivity index (χ1v) is 18.2. The highest BCUT2D eigenvalue weighted by Gasteiger charge is 2.39. The van der Waals surface area contributed by atoms with E-state index in [9.17, 15) is 16.8 Å². The summed E-state index contributed by atoms with van der Waals surface area (Å²) in [7, 11) is -9.93. The van der Waals surface area contributed by atoms with Gasteiger partial charge in [-0.3, -0.25) is 4.72 Å². The Hall–Kier alpha value is -1.40. The monoisotopic (exact) mass is 604 g/mol. The van der Waals surface area contributed by atoms with Crippen LogP contribution in [-0.4, -0.2) is 36.4 Å². The van der Waals surface area contributed by atoms with Gasteiger partial charge in [0.25, 0.3) is 0 Å². The minimum absolute atomic E-state index is 0.0119. The summed E-state index contributed by atoms with van der Waals surface area (Å²) in [6.07, 6.45) is 0.210. The Bertz CT molecular complexity index is 1270. The first kappa shape index (κ1) is 29.8. The first-order chi connectivity index (χ1) is 15.7. The fraction of sp³-hybridized carbons (Fsp3) is 0.500. The van der Waals surface area contributed by atoms with Crippen LogP contribution in [0.3, 0.4) is 0 Å². The maximum Gasteiger partial charge on any atom is 0.250 e. The van der Waals surface area contributed by atoms with Crippen LogP contribution in [0.4, 0.5) is 5.69 Å². The van der Waals surface area contributed by atoms with Crippen molar-refractivity contribution >= 4 is 50.0 Å². The molecule has 2 rings (SSSR count). The van der Waals surface area contributed by atoms with Gasteiger partial charge in [-0.05, 0) is 75.2 Å². The highest BCUT2D eigenvalue weighted by atomic mass is 79.9. The molecular formula is C24H37BrN2O5S2Si. The third kappa shape index (κ3) is 8.59. The molecule has 0 bridgehead atoms. The Morgan fingerprint density at radius 3 is 2.11 bits per heavy atom. The Labute approximate surface area is 220 Å². The third-order valence-corrected chi connectivity index (χ3v) is 13.6. The lowest BCUT2D eigenvalue weighted by atomic mass is 10.1. The molecule has 196 valence electrons. The summed E-state index contributed by atoms with van der Waals surface area (Å²) < 4.78 is 64.1. The molecule has 35 heavy (non-hydrogen) atoms. The van der Waals surface area contributed by atoms with Gasteiger partial charge in [0.05, 0.1) is 11.4 Å². The van der Waals surface area contributed by atoms with Gasteiger partial charge in [-0.25, -0.2) is 21.6 Å². The van der Waals surface area contributed by atoms with E-state index >= 15 is 0 Å². The molecule has 7 nitrogen and oxygen atoms in total. The Balaban J connectivity index is 2.28. The highest BCUT2D eigenvalue weighted by Crippen LogP contribution is 2.39. The molecule has 0 amide bonds. The number of aryl methyl sites for hydroxylation is 1. The largest absolute Gasteiger partial charge is 0.543 e. The van der Waals surface area contributed by atoms with E-state index in [2.05, 4.69) is 59.2 Å². The normalized spacial score (nSPS) is 13.5. The highest BCUT2D eigenvalue weighted by molar-refractivity contribution is 9.10. The molecule has 0 aliphatic heterocycles. The maximum atomic E-state index is 13.0. The summed E-state index contributed by atoms with van der Waals surface area (Å²) in [4.78, 5) is -0.121. The van der Waals surface area contributed by atoms with Crippen LogP contribution in [-0.2, 0) is 26.5 Å². The Morgan fingerprint density at radius 2 is 1.54 bits per heavy atom. The van der Waals surface area contributed by atoms with E-state index in [1.165, 1.54) is 12.1 Å². The number of sulfonamides is 2. The zero-order valence-corrected chi connectivity index (χ0v) is 25.9. The summed E-state index contributed by atoms with van der Waals surface area (Å²) >= 11 is 3.48. The van der Waals surface area contributed by atoms with Gasteiger partial charge in [-0.2, -0.15) is 0 Å². The minimum atomic E-state index is -3.93. The fourth-order valence-corrected chi connectivity index (χ4v) is 7.10. The number of hydrogen-bond acceptors (Lipinski definition) is 5. The first-order valence-electron chi connectivity index (χ1n) is 11.3. The predicted octanol–water partition coefficient (Wildman–Crippen LogP) is 5.89. The van der Waals surface area contributed by atoms with Crippen LogP contribution < -0.4 is 13.9 Å². The van der Waals surface area contributed by atoms with Crippen LogP contribution in [0.25, 0.3) is 0 Å². The molecule has 0 heterocycles. The van der Waals surface area contributed by atoms with Crippen molar-refractivity contribution in [2.45, 2.75) is 76.5 Å². The minimum Gasteiger partial charge on any atom is -0.543 e. The smallest absolute Gasteiger partial charge is 0.250 e. The second kappa shape index (κ2) is 10.5. The molecule has 0 aliphatic carbocycles. The average molecular weight is 606 g/mol. The molecule has 0 aromatic heterocycles. The van der Waals surface area contributed by atoms with E-state index < -0.39 is 33.9 Å². The number of nitrogens with one attached hydrogen (secondary N) is 2. The summed E-state index contributed by atoms with van der Waals surface area (Å²) in [5.41, 5.74) is 0.0731. The van der Waals surface area contributed by atoms with Gasteiger partial charge in [0.1, 0.15) is 10.6 Å². The van der Waals surface area contributed by atoms with E-state index in [0.29, 0.717) is 5.75 Å². The summed E-state index contributed by atoms with van der Waals surface area (Å²) in [6, 6.07) is 11.6. The molecule has 0 spiro atoms. The van der Waals surface area contributed by atoms with Gasteiger partial charge in [0.15, 0.2) is 0 Å². The second-order valence-electron chi connectivity index (χ2n) is 11.1. The molecule has 0 atom stereocenters. The summed E-state index contributed by atoms with van der Waals surface area (Å²) in [6.45, 7) is 15.9. The van der Waals surface area contributed by atoms with E-state index in [4.69, 9.17) is 4.43 Å². The molecule has 2 aromatic carbocycles. The Morgan fingerprint density at radius 1 is 0.943 bits per heavy atom. The van der Waals surface area contributed by atoms with Crippen molar-refractivity contribution in [1.82, 2.24) is 4.72 Å². The van der Waals surface area contributed by atoms with Crippen molar-refractivity contribution in [2.24, 2.45) is 0 Å². The van der Waals surface area contributed by atoms with E-state index in [1.54, 1.807) is 32.9 Å². The molecule has 0 saturated carbocycles. The van der Waals surface area contributed by atoms with E-state index in [1.807, 2.05) is 18.2 Å². The predicted molar refractivity (Wildman–Crippen MR) is 150 cm³/mol. The lowest BCUT2D eigenvalue weighted by Crippen LogP contribution is -2.44. The molecule has 0 saturated heterocycles. The number of para-hydroxylation sites is 1. The van der Waals surface area contributed by atoms with Crippen molar-refractivity contribution < 1.29 is 21.3 Å². The zero-order chi connectivity index (χ0) is 26.9. The second-order valence-corrected chi connectivity index (χ2v) is 20.3. The Kier molecular flexibility index (Phi) is 8.97. The van der Waals surface area contributed by atoms with Crippen LogP contribution in [0.2, 0.25) is 18.1 Å². The topological polar surface area (TPSA) is 102 Å². The molecule has 0 radical (unpaired) electrons. The molecule has 0 unspecified atom stereocenters. The number of halogens is 1.